The molecule has 1 aliphatic rings. The lowest BCUT2D eigenvalue weighted by Crippen LogP contribution is -2.14. The van der Waals surface area contributed by atoms with Gasteiger partial charge in [-0.1, -0.05) is 0 Å². The molecule has 5 heteroatoms. The number of nitrogens with zero attached hydrogens (tertiary/aromatic N) is 1. The van der Waals surface area contributed by atoms with E-state index in [1.54, 1.807) is 18.3 Å². The Morgan fingerprint density at radius 1 is 1.53 bits per heavy atom. The van der Waals surface area contributed by atoms with Crippen molar-refractivity contribution in [2.24, 2.45) is 0 Å². The maximum Gasteiger partial charge on any atom is 0.358 e. The molecule has 0 aliphatic carbocycles. The lowest BCUT2D eigenvalue weighted by molar-refractivity contribution is 0.0519. The second-order valence-electron chi connectivity index (χ2n) is 4.06. The van der Waals surface area contributed by atoms with E-state index >= 15 is 0 Å². The molecule has 4 nitrogen and oxygen atoms in total. The van der Waals surface area contributed by atoms with Gasteiger partial charge in [0.15, 0.2) is 5.69 Å². The van der Waals surface area contributed by atoms with Crippen molar-refractivity contribution >= 4 is 17.3 Å². The summed E-state index contributed by atoms with van der Waals surface area (Å²) in [4.78, 5) is 17.0. The van der Waals surface area contributed by atoms with Gasteiger partial charge in [0.05, 0.1) is 11.6 Å². The highest BCUT2D eigenvalue weighted by Gasteiger charge is 2.23. The smallest absolute Gasteiger partial charge is 0.358 e. The molecule has 0 atom stereocenters. The summed E-state index contributed by atoms with van der Waals surface area (Å²) < 4.78 is 10.3. The first-order valence-corrected chi connectivity index (χ1v) is 6.76. The normalized spacial score (nSPS) is 17.1. The zero-order valence-corrected chi connectivity index (χ0v) is 11.0. The molecule has 17 heavy (non-hydrogen) atoms. The van der Waals surface area contributed by atoms with E-state index < -0.39 is 0 Å². The summed E-state index contributed by atoms with van der Waals surface area (Å²) >= 11 is 1.61. The van der Waals surface area contributed by atoms with E-state index in [2.05, 4.69) is 4.98 Å². The van der Waals surface area contributed by atoms with Gasteiger partial charge >= 0.3 is 5.97 Å². The van der Waals surface area contributed by atoms with Crippen LogP contribution >= 0.6 is 11.3 Å². The van der Waals surface area contributed by atoms with Gasteiger partial charge < -0.3 is 9.47 Å². The molecule has 0 N–H and O–H groups in total. The summed E-state index contributed by atoms with van der Waals surface area (Å²) in [6.07, 6.45) is 1.99. The van der Waals surface area contributed by atoms with Crippen molar-refractivity contribution in [2.75, 3.05) is 19.8 Å². The number of rotatable bonds is 3. The monoisotopic (exact) mass is 255 g/mol. The molecule has 1 aromatic rings. The number of carbonyl (C=O) groups is 1. The highest BCUT2D eigenvalue weighted by atomic mass is 32.1. The molecule has 1 fully saturated rings. The van der Waals surface area contributed by atoms with Gasteiger partial charge in [0.25, 0.3) is 0 Å². The first kappa shape index (κ1) is 12.5. The topological polar surface area (TPSA) is 48.4 Å². The zero-order chi connectivity index (χ0) is 12.3. The fourth-order valence-corrected chi connectivity index (χ4v) is 3.00. The molecule has 94 valence electrons. The van der Waals surface area contributed by atoms with Crippen molar-refractivity contribution in [3.8, 4) is 0 Å². The summed E-state index contributed by atoms with van der Waals surface area (Å²) in [7, 11) is 0. The third kappa shape index (κ3) is 2.84. The SMILES string of the molecule is CCOC(=O)c1nc(C2CCOCC2)sc1C. The van der Waals surface area contributed by atoms with Gasteiger partial charge in [0, 0.05) is 24.0 Å². The average Bonchev–Trinajstić information content (AvgIpc) is 2.73. The van der Waals surface area contributed by atoms with Gasteiger partial charge in [-0.15, -0.1) is 11.3 Å². The largest absolute Gasteiger partial charge is 0.461 e. The Morgan fingerprint density at radius 2 is 2.24 bits per heavy atom. The molecule has 0 amide bonds. The van der Waals surface area contributed by atoms with Crippen molar-refractivity contribution < 1.29 is 14.3 Å². The Labute approximate surface area is 105 Å². The Kier molecular flexibility index (Phi) is 4.12. The maximum atomic E-state index is 11.7. The number of thiazole rings is 1. The van der Waals surface area contributed by atoms with Crippen LogP contribution in [0.4, 0.5) is 0 Å². The lowest BCUT2D eigenvalue weighted by Gasteiger charge is -2.19. The van der Waals surface area contributed by atoms with Gasteiger partial charge in [-0.05, 0) is 26.7 Å². The molecular formula is C12H17NO3S. The Hall–Kier alpha value is -0.940. The first-order valence-electron chi connectivity index (χ1n) is 5.94. The van der Waals surface area contributed by atoms with Gasteiger partial charge in [0.1, 0.15) is 0 Å². The van der Waals surface area contributed by atoms with Crippen LogP contribution in [0, 0.1) is 6.92 Å². The Balaban J connectivity index is 2.14. The highest BCUT2D eigenvalue weighted by molar-refractivity contribution is 7.12. The van der Waals surface area contributed by atoms with Crippen LogP contribution in [0.25, 0.3) is 0 Å². The first-order chi connectivity index (χ1) is 8.22. The van der Waals surface area contributed by atoms with E-state index in [9.17, 15) is 4.79 Å². The molecule has 1 aliphatic heterocycles. The molecule has 0 bridgehead atoms. The van der Waals surface area contributed by atoms with Crippen molar-refractivity contribution in [1.82, 2.24) is 4.98 Å². The number of aryl methyl sites for hydroxylation is 1. The molecule has 0 aromatic carbocycles. The highest BCUT2D eigenvalue weighted by Crippen LogP contribution is 2.31. The number of hydrogen-bond donors (Lipinski definition) is 0. The van der Waals surface area contributed by atoms with Crippen LogP contribution in [0.15, 0.2) is 0 Å². The minimum atomic E-state index is -0.306. The van der Waals surface area contributed by atoms with Crippen LogP contribution in [0.3, 0.4) is 0 Å². The van der Waals surface area contributed by atoms with Crippen molar-refractivity contribution in [3.63, 3.8) is 0 Å². The molecule has 2 heterocycles. The van der Waals surface area contributed by atoms with Gasteiger partial charge in [-0.2, -0.15) is 0 Å². The molecular weight excluding hydrogens is 238 g/mol. The zero-order valence-electron chi connectivity index (χ0n) is 10.2. The average molecular weight is 255 g/mol. The number of ether oxygens (including phenoxy) is 2. The van der Waals surface area contributed by atoms with Crippen LogP contribution in [-0.2, 0) is 9.47 Å². The number of aromatic nitrogens is 1. The van der Waals surface area contributed by atoms with E-state index in [0.29, 0.717) is 18.2 Å². The third-order valence-electron chi connectivity index (χ3n) is 2.85. The number of hydrogen-bond acceptors (Lipinski definition) is 5. The van der Waals surface area contributed by atoms with Crippen LogP contribution < -0.4 is 0 Å². The van der Waals surface area contributed by atoms with Gasteiger partial charge in [0.2, 0.25) is 0 Å². The minimum Gasteiger partial charge on any atom is -0.461 e. The van der Waals surface area contributed by atoms with Crippen LogP contribution in [0.1, 0.15) is 46.1 Å². The van der Waals surface area contributed by atoms with Crippen molar-refractivity contribution in [1.29, 1.82) is 0 Å². The molecule has 0 spiro atoms. The molecule has 0 unspecified atom stereocenters. The quantitative estimate of drug-likeness (QED) is 0.779. The third-order valence-corrected chi connectivity index (χ3v) is 3.99. The van der Waals surface area contributed by atoms with Crippen LogP contribution in [0.5, 0.6) is 0 Å². The van der Waals surface area contributed by atoms with Crippen LogP contribution in [-0.4, -0.2) is 30.8 Å². The second-order valence-corrected chi connectivity index (χ2v) is 5.30. The van der Waals surface area contributed by atoms with Gasteiger partial charge in [-0.25, -0.2) is 9.78 Å². The predicted octanol–water partition coefficient (Wildman–Crippen LogP) is 2.52. The lowest BCUT2D eigenvalue weighted by atomic mass is 10.0. The molecule has 1 saturated heterocycles. The minimum absolute atomic E-state index is 0.306. The summed E-state index contributed by atoms with van der Waals surface area (Å²) in [6.45, 7) is 5.70. The summed E-state index contributed by atoms with van der Waals surface area (Å²) in [5.41, 5.74) is 0.485. The second kappa shape index (κ2) is 5.60. The number of carbonyl (C=O) groups excluding carboxylic acids is 1. The van der Waals surface area contributed by atoms with E-state index in [1.807, 2.05) is 6.92 Å². The standard InChI is InChI=1S/C12H17NO3S/c1-3-16-12(14)10-8(2)17-11(13-10)9-4-6-15-7-5-9/h9H,3-7H2,1-2H3. The maximum absolute atomic E-state index is 11.7. The van der Waals surface area contributed by atoms with E-state index in [4.69, 9.17) is 9.47 Å². The predicted molar refractivity (Wildman–Crippen MR) is 65.6 cm³/mol. The van der Waals surface area contributed by atoms with Crippen molar-refractivity contribution in [2.45, 2.75) is 32.6 Å². The van der Waals surface area contributed by atoms with Gasteiger partial charge in [-0.3, -0.25) is 0 Å². The summed E-state index contributed by atoms with van der Waals surface area (Å²) in [6, 6.07) is 0. The number of esters is 1. The van der Waals surface area contributed by atoms with E-state index in [1.165, 1.54) is 0 Å². The Morgan fingerprint density at radius 3 is 2.88 bits per heavy atom. The fourth-order valence-electron chi connectivity index (χ4n) is 1.92. The van der Waals surface area contributed by atoms with E-state index in [-0.39, 0.29) is 5.97 Å². The summed E-state index contributed by atoms with van der Waals surface area (Å²) in [5.74, 6) is 0.134. The van der Waals surface area contributed by atoms with Crippen molar-refractivity contribution in [3.05, 3.63) is 15.6 Å². The van der Waals surface area contributed by atoms with Crippen LogP contribution in [0.2, 0.25) is 0 Å². The molecule has 1 aromatic heterocycles. The molecule has 0 saturated carbocycles. The summed E-state index contributed by atoms with van der Waals surface area (Å²) in [5, 5.41) is 1.05. The molecule has 2 rings (SSSR count). The van der Waals surface area contributed by atoms with E-state index in [0.717, 1.165) is 35.9 Å². The molecule has 0 radical (unpaired) electrons. The fraction of sp³-hybridized carbons (Fsp3) is 0.667. The Bertz CT molecular complexity index is 396.